The number of methoxy groups -OCH3 is 1. The predicted octanol–water partition coefficient (Wildman–Crippen LogP) is 6.99. The van der Waals surface area contributed by atoms with Gasteiger partial charge in [-0.25, -0.2) is 9.78 Å². The molecule has 0 aliphatic heterocycles. The van der Waals surface area contributed by atoms with Crippen LogP contribution in [0.1, 0.15) is 26.5 Å². The van der Waals surface area contributed by atoms with Gasteiger partial charge >= 0.3 is 5.97 Å². The van der Waals surface area contributed by atoms with Crippen molar-refractivity contribution in [2.45, 2.75) is 6.61 Å². The number of ether oxygens (including phenoxy) is 2. The number of aromatic nitrogens is 1. The van der Waals surface area contributed by atoms with Gasteiger partial charge in [0.2, 0.25) is 0 Å². The van der Waals surface area contributed by atoms with E-state index in [0.717, 1.165) is 27.4 Å². The molecular weight excluding hydrogens is 430 g/mol. The molecule has 0 saturated carbocycles. The van der Waals surface area contributed by atoms with Gasteiger partial charge in [-0.2, -0.15) is 0 Å². The zero-order valence-electron chi connectivity index (χ0n) is 18.0. The van der Waals surface area contributed by atoms with E-state index >= 15 is 0 Å². The summed E-state index contributed by atoms with van der Waals surface area (Å²) in [5.74, 6) is 0.445. The van der Waals surface area contributed by atoms with E-state index in [1.807, 2.05) is 36.4 Å². The Morgan fingerprint density at radius 3 is 2.48 bits per heavy atom. The van der Waals surface area contributed by atoms with E-state index < -0.39 is 0 Å². The molecular formula is C28H21NO3S. The zero-order valence-corrected chi connectivity index (χ0v) is 18.8. The lowest BCUT2D eigenvalue weighted by molar-refractivity contribution is 0.0600. The highest BCUT2D eigenvalue weighted by atomic mass is 32.1. The molecule has 0 amide bonds. The van der Waals surface area contributed by atoms with Crippen LogP contribution in [0.25, 0.3) is 33.1 Å². The van der Waals surface area contributed by atoms with Crippen LogP contribution >= 0.6 is 11.3 Å². The van der Waals surface area contributed by atoms with Gasteiger partial charge in [-0.05, 0) is 52.9 Å². The Kier molecular flexibility index (Phi) is 5.87. The molecule has 5 rings (SSSR count). The fourth-order valence-electron chi connectivity index (χ4n) is 3.61. The Hall–Kier alpha value is -3.96. The number of nitrogens with zero attached hydrogens (tertiary/aromatic N) is 1. The quantitative estimate of drug-likeness (QED) is 0.261. The van der Waals surface area contributed by atoms with Crippen LogP contribution < -0.4 is 4.74 Å². The van der Waals surface area contributed by atoms with Crippen LogP contribution in [0.2, 0.25) is 0 Å². The highest BCUT2D eigenvalue weighted by molar-refractivity contribution is 7.19. The fourth-order valence-corrected chi connectivity index (χ4v) is 4.50. The average Bonchev–Trinajstić information content (AvgIpc) is 3.30. The highest BCUT2D eigenvalue weighted by Gasteiger charge is 2.06. The SMILES string of the molecule is COC(=O)c1ccc(COc2ccc(/C=C/c3nc4c(ccc5ccccc54)s3)cc2)cc1. The Morgan fingerprint density at radius 1 is 0.909 bits per heavy atom. The predicted molar refractivity (Wildman–Crippen MR) is 135 cm³/mol. The maximum Gasteiger partial charge on any atom is 0.337 e. The van der Waals surface area contributed by atoms with Crippen molar-refractivity contribution in [1.29, 1.82) is 0 Å². The van der Waals surface area contributed by atoms with E-state index in [4.69, 9.17) is 14.5 Å². The second-order valence-corrected chi connectivity index (χ2v) is 8.63. The number of esters is 1. The zero-order chi connectivity index (χ0) is 22.6. The molecule has 1 heterocycles. The van der Waals surface area contributed by atoms with E-state index in [9.17, 15) is 4.79 Å². The lowest BCUT2D eigenvalue weighted by Gasteiger charge is -2.07. The van der Waals surface area contributed by atoms with Crippen molar-refractivity contribution in [1.82, 2.24) is 4.98 Å². The fraction of sp³-hybridized carbons (Fsp3) is 0.0714. The van der Waals surface area contributed by atoms with Crippen LogP contribution in [0, 0.1) is 0 Å². The van der Waals surface area contributed by atoms with Crippen LogP contribution in [-0.4, -0.2) is 18.1 Å². The molecule has 0 saturated heterocycles. The molecule has 0 atom stereocenters. The van der Waals surface area contributed by atoms with E-state index in [2.05, 4.69) is 48.6 Å². The summed E-state index contributed by atoms with van der Waals surface area (Å²) in [6.45, 7) is 0.427. The number of rotatable bonds is 6. The van der Waals surface area contributed by atoms with Crippen LogP contribution in [0.3, 0.4) is 0 Å². The smallest absolute Gasteiger partial charge is 0.337 e. The van der Waals surface area contributed by atoms with Crippen LogP contribution in [0.4, 0.5) is 0 Å². The number of hydrogen-bond donors (Lipinski definition) is 0. The minimum atomic E-state index is -0.342. The van der Waals surface area contributed by atoms with E-state index in [-0.39, 0.29) is 5.97 Å². The van der Waals surface area contributed by atoms with Crippen molar-refractivity contribution < 1.29 is 14.3 Å². The number of carbonyl (C=O) groups excluding carboxylic acids is 1. The van der Waals surface area contributed by atoms with Crippen molar-refractivity contribution in [3.05, 3.63) is 107 Å². The summed E-state index contributed by atoms with van der Waals surface area (Å²) in [5.41, 5.74) is 3.64. The maximum atomic E-state index is 11.5. The van der Waals surface area contributed by atoms with Gasteiger partial charge in [-0.15, -0.1) is 11.3 Å². The van der Waals surface area contributed by atoms with Crippen molar-refractivity contribution >= 4 is 50.4 Å². The third-order valence-corrected chi connectivity index (χ3v) is 6.36. The maximum absolute atomic E-state index is 11.5. The molecule has 1 aromatic heterocycles. The monoisotopic (exact) mass is 451 g/mol. The summed E-state index contributed by atoms with van der Waals surface area (Å²) in [5, 5.41) is 3.38. The molecule has 0 aliphatic rings. The normalized spacial score (nSPS) is 11.3. The first-order chi connectivity index (χ1) is 16.2. The van der Waals surface area contributed by atoms with E-state index in [0.29, 0.717) is 12.2 Å². The molecule has 4 nitrogen and oxygen atoms in total. The molecule has 5 heteroatoms. The number of thiazole rings is 1. The summed E-state index contributed by atoms with van der Waals surface area (Å²) in [4.78, 5) is 16.4. The van der Waals surface area contributed by atoms with Crippen molar-refractivity contribution in [3.63, 3.8) is 0 Å². The second kappa shape index (κ2) is 9.27. The van der Waals surface area contributed by atoms with Crippen LogP contribution in [0.5, 0.6) is 5.75 Å². The Bertz CT molecular complexity index is 1450. The number of hydrogen-bond acceptors (Lipinski definition) is 5. The Morgan fingerprint density at radius 2 is 1.70 bits per heavy atom. The molecule has 0 bridgehead atoms. The van der Waals surface area contributed by atoms with Gasteiger partial charge in [-0.1, -0.05) is 60.7 Å². The molecule has 0 unspecified atom stereocenters. The van der Waals surface area contributed by atoms with Crippen molar-refractivity contribution in [2.75, 3.05) is 7.11 Å². The summed E-state index contributed by atoms with van der Waals surface area (Å²) in [6, 6.07) is 27.8. The minimum Gasteiger partial charge on any atom is -0.489 e. The first-order valence-electron chi connectivity index (χ1n) is 10.6. The molecule has 4 aromatic carbocycles. The Balaban J connectivity index is 1.24. The van der Waals surface area contributed by atoms with Crippen molar-refractivity contribution in [2.24, 2.45) is 0 Å². The third kappa shape index (κ3) is 4.64. The molecule has 162 valence electrons. The van der Waals surface area contributed by atoms with Crippen LogP contribution in [0.15, 0.2) is 84.9 Å². The summed E-state index contributed by atoms with van der Waals surface area (Å²) >= 11 is 1.69. The first-order valence-corrected chi connectivity index (χ1v) is 11.4. The molecule has 5 aromatic rings. The lowest BCUT2D eigenvalue weighted by atomic mass is 10.1. The van der Waals surface area contributed by atoms with Gasteiger partial charge in [0, 0.05) is 5.39 Å². The summed E-state index contributed by atoms with van der Waals surface area (Å²) in [7, 11) is 1.37. The Labute approximate surface area is 195 Å². The third-order valence-electron chi connectivity index (χ3n) is 5.38. The standard InChI is InChI=1S/C28H21NO3S/c1-31-28(30)22-11-6-20(7-12-22)18-32-23-14-8-19(9-15-23)10-17-26-29-27-24-5-3-2-4-21(24)13-16-25(27)33-26/h2-17H,18H2,1H3/b17-10+. The van der Waals surface area contributed by atoms with Crippen molar-refractivity contribution in [3.8, 4) is 5.75 Å². The molecule has 0 spiro atoms. The first kappa shape index (κ1) is 20.9. The summed E-state index contributed by atoms with van der Waals surface area (Å²) in [6.07, 6.45) is 4.12. The molecule has 0 fully saturated rings. The van der Waals surface area contributed by atoms with Crippen LogP contribution in [-0.2, 0) is 11.3 Å². The molecule has 0 N–H and O–H groups in total. The second-order valence-electron chi connectivity index (χ2n) is 7.57. The van der Waals surface area contributed by atoms with Gasteiger partial charge in [0.05, 0.1) is 22.9 Å². The van der Waals surface area contributed by atoms with Gasteiger partial charge < -0.3 is 9.47 Å². The largest absolute Gasteiger partial charge is 0.489 e. The number of carbonyl (C=O) groups is 1. The average molecular weight is 452 g/mol. The van der Waals surface area contributed by atoms with E-state index in [1.54, 1.807) is 23.5 Å². The van der Waals surface area contributed by atoms with Gasteiger partial charge in [0.15, 0.2) is 0 Å². The number of fused-ring (bicyclic) bond motifs is 3. The van der Waals surface area contributed by atoms with Gasteiger partial charge in [-0.3, -0.25) is 0 Å². The topological polar surface area (TPSA) is 48.4 Å². The highest BCUT2D eigenvalue weighted by Crippen LogP contribution is 2.30. The molecule has 0 aliphatic carbocycles. The molecule has 33 heavy (non-hydrogen) atoms. The summed E-state index contributed by atoms with van der Waals surface area (Å²) < 4.78 is 11.8. The lowest BCUT2D eigenvalue weighted by Crippen LogP contribution is -2.01. The molecule has 0 radical (unpaired) electrons. The minimum absolute atomic E-state index is 0.342. The van der Waals surface area contributed by atoms with Gasteiger partial charge in [0.25, 0.3) is 0 Å². The van der Waals surface area contributed by atoms with Gasteiger partial charge in [0.1, 0.15) is 17.4 Å². The number of benzene rings is 4. The van der Waals surface area contributed by atoms with E-state index in [1.165, 1.54) is 22.6 Å².